The quantitative estimate of drug-likeness (QED) is 0.527. The number of nitrogens with one attached hydrogen (secondary N) is 2. The molecule has 0 saturated carbocycles. The molecule has 0 radical (unpaired) electrons. The number of benzene rings is 2. The first-order valence-corrected chi connectivity index (χ1v) is 9.52. The van der Waals surface area contributed by atoms with Crippen LogP contribution in [0.1, 0.15) is 39.8 Å². The number of anilines is 1. The van der Waals surface area contributed by atoms with Gasteiger partial charge >= 0.3 is 0 Å². The van der Waals surface area contributed by atoms with Gasteiger partial charge < -0.3 is 19.8 Å². The Morgan fingerprint density at radius 2 is 1.73 bits per heavy atom. The number of hydrogen-bond donors (Lipinski definition) is 2. The lowest BCUT2D eigenvalue weighted by molar-refractivity contribution is -0.118. The van der Waals surface area contributed by atoms with Crippen molar-refractivity contribution in [3.8, 4) is 5.75 Å². The molecule has 2 N–H and O–H groups in total. The van der Waals surface area contributed by atoms with Crippen LogP contribution in [0.3, 0.4) is 0 Å². The maximum absolute atomic E-state index is 12.5. The molecule has 7 heteroatoms. The summed E-state index contributed by atoms with van der Waals surface area (Å²) >= 11 is 0. The predicted octanol–water partition coefficient (Wildman–Crippen LogP) is 3.82. The molecule has 2 amide bonds. The van der Waals surface area contributed by atoms with Gasteiger partial charge in [0.25, 0.3) is 11.8 Å². The topological polar surface area (TPSA) is 97.6 Å². The van der Waals surface area contributed by atoms with Gasteiger partial charge in [0.1, 0.15) is 11.5 Å². The van der Waals surface area contributed by atoms with Gasteiger partial charge in [-0.3, -0.25) is 14.4 Å². The van der Waals surface area contributed by atoms with Gasteiger partial charge in [-0.05, 0) is 48.5 Å². The van der Waals surface area contributed by atoms with Crippen LogP contribution in [-0.2, 0) is 11.3 Å². The van der Waals surface area contributed by atoms with Crippen LogP contribution >= 0.6 is 0 Å². The van der Waals surface area contributed by atoms with Crippen molar-refractivity contribution in [1.82, 2.24) is 5.32 Å². The molecule has 3 rings (SSSR count). The summed E-state index contributed by atoms with van der Waals surface area (Å²) in [6, 6.07) is 16.8. The molecule has 30 heavy (non-hydrogen) atoms. The molecule has 0 aliphatic rings. The third-order valence-electron chi connectivity index (χ3n) is 4.32. The van der Waals surface area contributed by atoms with Crippen LogP contribution < -0.4 is 15.4 Å². The number of rotatable bonds is 9. The lowest BCUT2D eigenvalue weighted by Gasteiger charge is -2.12. The van der Waals surface area contributed by atoms with E-state index in [2.05, 4.69) is 10.6 Å². The number of carbonyl (C=O) groups excluding carboxylic acids is 3. The largest absolute Gasteiger partial charge is 0.484 e. The minimum absolute atomic E-state index is 0.0428. The number of ether oxygens (including phenoxy) is 1. The number of carbonyl (C=O) groups is 3. The average molecular weight is 406 g/mol. The van der Waals surface area contributed by atoms with Crippen LogP contribution in [0.15, 0.2) is 71.3 Å². The maximum atomic E-state index is 12.5. The van der Waals surface area contributed by atoms with Crippen molar-refractivity contribution in [2.45, 2.75) is 19.9 Å². The lowest BCUT2D eigenvalue weighted by atomic mass is 10.1. The molecular weight excluding hydrogens is 384 g/mol. The van der Waals surface area contributed by atoms with E-state index in [0.29, 0.717) is 34.7 Å². The van der Waals surface area contributed by atoms with Crippen LogP contribution in [0.2, 0.25) is 0 Å². The zero-order chi connectivity index (χ0) is 21.3. The number of amides is 2. The van der Waals surface area contributed by atoms with Crippen LogP contribution in [0.5, 0.6) is 5.75 Å². The Morgan fingerprint density at radius 3 is 2.43 bits per heavy atom. The minimum Gasteiger partial charge on any atom is -0.484 e. The lowest BCUT2D eigenvalue weighted by Crippen LogP contribution is -2.26. The summed E-state index contributed by atoms with van der Waals surface area (Å²) in [6.45, 7) is 1.81. The monoisotopic (exact) mass is 406 g/mol. The van der Waals surface area contributed by atoms with Gasteiger partial charge in [0.15, 0.2) is 12.4 Å². The van der Waals surface area contributed by atoms with Gasteiger partial charge in [0.2, 0.25) is 0 Å². The molecule has 0 unspecified atom stereocenters. The third-order valence-corrected chi connectivity index (χ3v) is 4.32. The first-order chi connectivity index (χ1) is 14.6. The fraction of sp³-hybridized carbons (Fsp3) is 0.174. The molecule has 3 aromatic rings. The zero-order valence-electron chi connectivity index (χ0n) is 16.5. The summed E-state index contributed by atoms with van der Waals surface area (Å²) in [4.78, 5) is 36.4. The van der Waals surface area contributed by atoms with Crippen LogP contribution in [0.4, 0.5) is 5.69 Å². The van der Waals surface area contributed by atoms with Crippen molar-refractivity contribution < 1.29 is 23.5 Å². The molecule has 0 bridgehead atoms. The molecule has 1 heterocycles. The molecule has 154 valence electrons. The fourth-order valence-corrected chi connectivity index (χ4v) is 2.74. The van der Waals surface area contributed by atoms with Crippen molar-refractivity contribution >= 4 is 23.3 Å². The second kappa shape index (κ2) is 10.1. The van der Waals surface area contributed by atoms with Gasteiger partial charge in [-0.2, -0.15) is 0 Å². The maximum Gasteiger partial charge on any atom is 0.262 e. The highest BCUT2D eigenvalue weighted by Gasteiger charge is 2.14. The first-order valence-electron chi connectivity index (χ1n) is 9.52. The zero-order valence-corrected chi connectivity index (χ0v) is 16.5. The summed E-state index contributed by atoms with van der Waals surface area (Å²) in [6.07, 6.45) is 1.96. The highest BCUT2D eigenvalue weighted by molar-refractivity contribution is 6.04. The third kappa shape index (κ3) is 5.57. The number of furan rings is 1. The summed E-state index contributed by atoms with van der Waals surface area (Å²) in [5.41, 5.74) is 1.32. The normalized spacial score (nSPS) is 10.3. The van der Waals surface area contributed by atoms with E-state index in [9.17, 15) is 14.4 Å². The molecular formula is C23H22N2O5. The Bertz CT molecular complexity index is 1010. The molecule has 7 nitrogen and oxygen atoms in total. The minimum atomic E-state index is -0.407. The number of Topliss-reactive ketones (excluding diaryl/α,β-unsaturated/α-hetero) is 1. The highest BCUT2D eigenvalue weighted by Crippen LogP contribution is 2.16. The molecule has 2 aromatic carbocycles. The Hall–Kier alpha value is -3.87. The SMILES string of the molecule is CCC(=O)c1ccc(OCC(=O)Nc2ccccc2C(=O)NCc2ccco2)cc1. The van der Waals surface area contributed by atoms with E-state index in [1.54, 1.807) is 67.6 Å². The first kappa shape index (κ1) is 20.9. The van der Waals surface area contributed by atoms with Gasteiger partial charge in [-0.1, -0.05) is 19.1 Å². The fourth-order valence-electron chi connectivity index (χ4n) is 2.74. The molecule has 0 atom stereocenters. The Balaban J connectivity index is 1.56. The Morgan fingerprint density at radius 1 is 0.967 bits per heavy atom. The summed E-state index contributed by atoms with van der Waals surface area (Å²) < 4.78 is 10.7. The van der Waals surface area contributed by atoms with Crippen molar-refractivity contribution in [2.24, 2.45) is 0 Å². The van der Waals surface area contributed by atoms with E-state index >= 15 is 0 Å². The van der Waals surface area contributed by atoms with Gasteiger partial charge in [-0.15, -0.1) is 0 Å². The smallest absolute Gasteiger partial charge is 0.262 e. The number of ketones is 1. The van der Waals surface area contributed by atoms with Crippen LogP contribution in [0, 0.1) is 0 Å². The van der Waals surface area contributed by atoms with Gasteiger partial charge in [0.05, 0.1) is 24.1 Å². The number of hydrogen-bond acceptors (Lipinski definition) is 5. The predicted molar refractivity (Wildman–Crippen MR) is 112 cm³/mol. The molecule has 1 aromatic heterocycles. The Labute approximate surface area is 174 Å². The van der Waals surface area contributed by atoms with Crippen LogP contribution in [-0.4, -0.2) is 24.2 Å². The summed E-state index contributed by atoms with van der Waals surface area (Å²) in [5.74, 6) is 0.405. The second-order valence-electron chi connectivity index (χ2n) is 6.45. The van der Waals surface area contributed by atoms with Gasteiger partial charge in [0, 0.05) is 12.0 Å². The second-order valence-corrected chi connectivity index (χ2v) is 6.45. The molecule has 0 aliphatic heterocycles. The molecule has 0 fully saturated rings. The van der Waals surface area contributed by atoms with Crippen LogP contribution in [0.25, 0.3) is 0 Å². The van der Waals surface area contributed by atoms with E-state index in [0.717, 1.165) is 0 Å². The molecule has 0 aliphatic carbocycles. The van der Waals surface area contributed by atoms with E-state index in [-0.39, 0.29) is 24.8 Å². The molecule has 0 saturated heterocycles. The Kier molecular flexibility index (Phi) is 7.00. The van der Waals surface area contributed by atoms with E-state index < -0.39 is 5.91 Å². The highest BCUT2D eigenvalue weighted by atomic mass is 16.5. The van der Waals surface area contributed by atoms with Gasteiger partial charge in [-0.25, -0.2) is 0 Å². The summed E-state index contributed by atoms with van der Waals surface area (Å²) in [5, 5.41) is 5.44. The standard InChI is InChI=1S/C23H22N2O5/c1-2-21(26)16-9-11-17(12-10-16)30-15-22(27)25-20-8-4-3-7-19(20)23(28)24-14-18-6-5-13-29-18/h3-13H,2,14-15H2,1H3,(H,24,28)(H,25,27). The van der Waals surface area contributed by atoms with E-state index in [1.165, 1.54) is 6.26 Å². The van der Waals surface area contributed by atoms with Crippen molar-refractivity contribution in [3.05, 3.63) is 83.8 Å². The van der Waals surface area contributed by atoms with Crippen molar-refractivity contribution in [1.29, 1.82) is 0 Å². The van der Waals surface area contributed by atoms with Crippen molar-refractivity contribution in [2.75, 3.05) is 11.9 Å². The number of para-hydroxylation sites is 1. The van der Waals surface area contributed by atoms with Crippen molar-refractivity contribution in [3.63, 3.8) is 0 Å². The molecule has 0 spiro atoms. The van der Waals surface area contributed by atoms with E-state index in [1.807, 2.05) is 0 Å². The summed E-state index contributed by atoms with van der Waals surface area (Å²) in [7, 11) is 0. The average Bonchev–Trinajstić information content (AvgIpc) is 3.30. The van der Waals surface area contributed by atoms with E-state index in [4.69, 9.17) is 9.15 Å².